The summed E-state index contributed by atoms with van der Waals surface area (Å²) in [6.07, 6.45) is 5.59. The number of nitrogens with two attached hydrogens (primary N) is 1. The van der Waals surface area contributed by atoms with Crippen molar-refractivity contribution in [3.63, 3.8) is 0 Å². The molecule has 1 aliphatic rings. The molecule has 1 aromatic heterocycles. The molecular weight excluding hydrogens is 465 g/mol. The summed E-state index contributed by atoms with van der Waals surface area (Å²) in [4.78, 5) is 21.7. The first-order valence-electron chi connectivity index (χ1n) is 9.95. The number of hydrogen-bond donors (Lipinski definition) is 3. The van der Waals surface area contributed by atoms with Crippen LogP contribution in [-0.2, 0) is 11.2 Å². The molecule has 0 bridgehead atoms. The van der Waals surface area contributed by atoms with Crippen molar-refractivity contribution in [3.8, 4) is 0 Å². The second-order valence-electron chi connectivity index (χ2n) is 7.47. The van der Waals surface area contributed by atoms with Gasteiger partial charge in [0.2, 0.25) is 5.91 Å². The van der Waals surface area contributed by atoms with E-state index in [9.17, 15) is 4.79 Å². The van der Waals surface area contributed by atoms with E-state index in [-0.39, 0.29) is 29.9 Å². The molecule has 1 atom stereocenters. The Bertz CT molecular complexity index is 816. The van der Waals surface area contributed by atoms with E-state index in [0.29, 0.717) is 12.3 Å². The average Bonchev–Trinajstić information content (AvgIpc) is 3.02. The molecular formula is C21H32IN5O. The number of benzene rings is 1. The number of hydrogen-bond acceptors (Lipinski definition) is 2. The predicted octanol–water partition coefficient (Wildman–Crippen LogP) is 3.19. The fraction of sp³-hybridized carbons (Fsp3) is 0.524. The lowest BCUT2D eigenvalue weighted by atomic mass is 9.95. The Morgan fingerprint density at radius 1 is 1.43 bits per heavy atom. The third-order valence-corrected chi connectivity index (χ3v) is 5.21. The number of aromatic nitrogens is 1. The SMILES string of the molecule is CCNC(=NCCc1c[nH]c2cc(C)ccc12)N1CCCC(CC(N)=O)C1.I. The molecule has 2 heterocycles. The number of fused-ring (bicyclic) bond motifs is 1. The van der Waals surface area contributed by atoms with Crippen molar-refractivity contribution >= 4 is 46.7 Å². The predicted molar refractivity (Wildman–Crippen MR) is 126 cm³/mol. The topological polar surface area (TPSA) is 86.5 Å². The highest BCUT2D eigenvalue weighted by Gasteiger charge is 2.23. The Balaban J connectivity index is 0.00000280. The van der Waals surface area contributed by atoms with E-state index in [1.54, 1.807) is 0 Å². The Morgan fingerprint density at radius 2 is 2.25 bits per heavy atom. The Labute approximate surface area is 184 Å². The first kappa shape index (κ1) is 22.5. The number of carbonyl (C=O) groups excluding carboxylic acids is 1. The number of carbonyl (C=O) groups is 1. The molecule has 1 amide bonds. The fourth-order valence-electron chi connectivity index (χ4n) is 3.92. The largest absolute Gasteiger partial charge is 0.370 e. The van der Waals surface area contributed by atoms with Crippen LogP contribution in [0.5, 0.6) is 0 Å². The number of halogens is 1. The van der Waals surface area contributed by atoms with E-state index in [0.717, 1.165) is 51.4 Å². The third-order valence-electron chi connectivity index (χ3n) is 5.21. The summed E-state index contributed by atoms with van der Waals surface area (Å²) in [5.74, 6) is 1.07. The molecule has 0 spiro atoms. The molecule has 3 rings (SSSR count). The van der Waals surface area contributed by atoms with Crippen molar-refractivity contribution in [2.75, 3.05) is 26.2 Å². The van der Waals surface area contributed by atoms with Crippen LogP contribution in [0.2, 0.25) is 0 Å². The van der Waals surface area contributed by atoms with Gasteiger partial charge < -0.3 is 20.9 Å². The molecule has 28 heavy (non-hydrogen) atoms. The third kappa shape index (κ3) is 5.86. The number of H-pyrrole nitrogens is 1. The summed E-state index contributed by atoms with van der Waals surface area (Å²) in [5, 5.41) is 4.68. The fourth-order valence-corrected chi connectivity index (χ4v) is 3.92. The Kier molecular flexibility index (Phi) is 8.59. The van der Waals surface area contributed by atoms with Crippen molar-refractivity contribution in [2.45, 2.75) is 39.5 Å². The van der Waals surface area contributed by atoms with Crippen LogP contribution in [0.1, 0.15) is 37.3 Å². The lowest BCUT2D eigenvalue weighted by molar-refractivity contribution is -0.119. The first-order valence-corrected chi connectivity index (χ1v) is 9.95. The zero-order chi connectivity index (χ0) is 19.2. The summed E-state index contributed by atoms with van der Waals surface area (Å²) < 4.78 is 0. The van der Waals surface area contributed by atoms with Crippen LogP contribution in [0, 0.1) is 12.8 Å². The van der Waals surface area contributed by atoms with E-state index in [2.05, 4.69) is 53.4 Å². The maximum absolute atomic E-state index is 11.3. The minimum Gasteiger partial charge on any atom is -0.370 e. The lowest BCUT2D eigenvalue weighted by Gasteiger charge is -2.34. The van der Waals surface area contributed by atoms with Gasteiger partial charge in [-0.3, -0.25) is 9.79 Å². The maximum atomic E-state index is 11.3. The molecule has 0 saturated carbocycles. The van der Waals surface area contributed by atoms with Crippen molar-refractivity contribution in [1.29, 1.82) is 0 Å². The number of guanidine groups is 1. The van der Waals surface area contributed by atoms with Crippen LogP contribution in [-0.4, -0.2) is 47.9 Å². The molecule has 154 valence electrons. The minimum absolute atomic E-state index is 0. The van der Waals surface area contributed by atoms with Gasteiger partial charge in [0.05, 0.1) is 0 Å². The molecule has 6 nitrogen and oxygen atoms in total. The second-order valence-corrected chi connectivity index (χ2v) is 7.47. The van der Waals surface area contributed by atoms with Crippen LogP contribution in [0.25, 0.3) is 10.9 Å². The van der Waals surface area contributed by atoms with E-state index >= 15 is 0 Å². The van der Waals surface area contributed by atoms with Crippen LogP contribution in [0.15, 0.2) is 29.4 Å². The van der Waals surface area contributed by atoms with E-state index in [1.807, 2.05) is 0 Å². The highest BCUT2D eigenvalue weighted by molar-refractivity contribution is 14.0. The van der Waals surface area contributed by atoms with Crippen LogP contribution in [0.3, 0.4) is 0 Å². The average molecular weight is 497 g/mol. The number of likely N-dealkylation sites (tertiary alicyclic amines) is 1. The number of piperidine rings is 1. The highest BCUT2D eigenvalue weighted by atomic mass is 127. The van der Waals surface area contributed by atoms with Gasteiger partial charge in [0.15, 0.2) is 5.96 Å². The number of aryl methyl sites for hydroxylation is 1. The number of primary amides is 1. The summed E-state index contributed by atoms with van der Waals surface area (Å²) in [5.41, 5.74) is 9.14. The normalized spacial score (nSPS) is 17.4. The smallest absolute Gasteiger partial charge is 0.217 e. The molecule has 4 N–H and O–H groups in total. The van der Waals surface area contributed by atoms with E-state index in [1.165, 1.54) is 22.0 Å². The maximum Gasteiger partial charge on any atom is 0.217 e. The summed E-state index contributed by atoms with van der Waals surface area (Å²) in [7, 11) is 0. The van der Waals surface area contributed by atoms with Gasteiger partial charge >= 0.3 is 0 Å². The van der Waals surface area contributed by atoms with Gasteiger partial charge in [-0.05, 0) is 56.2 Å². The molecule has 0 aliphatic carbocycles. The summed E-state index contributed by atoms with van der Waals surface area (Å²) in [6, 6.07) is 6.52. The van der Waals surface area contributed by atoms with E-state index < -0.39 is 0 Å². The van der Waals surface area contributed by atoms with E-state index in [4.69, 9.17) is 10.7 Å². The molecule has 1 saturated heterocycles. The highest BCUT2D eigenvalue weighted by Crippen LogP contribution is 2.21. The Morgan fingerprint density at radius 3 is 3.00 bits per heavy atom. The molecule has 2 aromatic rings. The molecule has 1 unspecified atom stereocenters. The van der Waals surface area contributed by atoms with Gasteiger partial charge in [0, 0.05) is 49.7 Å². The summed E-state index contributed by atoms with van der Waals surface area (Å²) in [6.45, 7) is 7.59. The Hall–Kier alpha value is -1.77. The standard InChI is InChI=1S/C21H31N5O.HI/c1-3-23-21(26-10-4-5-16(14-26)12-20(22)27)24-9-8-17-13-25-19-11-15(2)6-7-18(17)19;/h6-7,11,13,16,25H,3-5,8-10,12,14H2,1-2H3,(H2,22,27)(H,23,24);1H. The zero-order valence-corrected chi connectivity index (χ0v) is 19.2. The van der Waals surface area contributed by atoms with Crippen LogP contribution in [0.4, 0.5) is 0 Å². The van der Waals surface area contributed by atoms with Crippen LogP contribution >= 0.6 is 24.0 Å². The van der Waals surface area contributed by atoms with Crippen molar-refractivity contribution < 1.29 is 4.79 Å². The van der Waals surface area contributed by atoms with Crippen molar-refractivity contribution in [3.05, 3.63) is 35.5 Å². The molecule has 1 aromatic carbocycles. The zero-order valence-electron chi connectivity index (χ0n) is 16.8. The molecule has 7 heteroatoms. The van der Waals surface area contributed by atoms with Gasteiger partial charge in [0.1, 0.15) is 0 Å². The quantitative estimate of drug-likeness (QED) is 0.326. The van der Waals surface area contributed by atoms with Crippen LogP contribution < -0.4 is 11.1 Å². The van der Waals surface area contributed by atoms with Gasteiger partial charge in [-0.15, -0.1) is 24.0 Å². The summed E-state index contributed by atoms with van der Waals surface area (Å²) >= 11 is 0. The van der Waals surface area contributed by atoms with Gasteiger partial charge in [0.25, 0.3) is 0 Å². The van der Waals surface area contributed by atoms with Gasteiger partial charge in [-0.1, -0.05) is 12.1 Å². The first-order chi connectivity index (χ1) is 13.1. The number of nitrogens with zero attached hydrogens (tertiary/aromatic N) is 2. The van der Waals surface area contributed by atoms with Gasteiger partial charge in [-0.25, -0.2) is 0 Å². The number of amides is 1. The van der Waals surface area contributed by atoms with Crippen molar-refractivity contribution in [1.82, 2.24) is 15.2 Å². The lowest BCUT2D eigenvalue weighted by Crippen LogP contribution is -2.47. The number of aliphatic imine (C=N–C) groups is 1. The molecule has 1 fully saturated rings. The number of rotatable bonds is 6. The van der Waals surface area contributed by atoms with Gasteiger partial charge in [-0.2, -0.15) is 0 Å². The molecule has 0 radical (unpaired) electrons. The monoisotopic (exact) mass is 497 g/mol. The number of nitrogens with one attached hydrogen (secondary N) is 2. The second kappa shape index (κ2) is 10.7. The minimum atomic E-state index is -0.210. The molecule has 1 aliphatic heterocycles. The number of aromatic amines is 1. The van der Waals surface area contributed by atoms with Crippen molar-refractivity contribution in [2.24, 2.45) is 16.6 Å².